The van der Waals surface area contributed by atoms with Crippen molar-refractivity contribution in [1.29, 1.82) is 0 Å². The second-order valence-corrected chi connectivity index (χ2v) is 4.30. The van der Waals surface area contributed by atoms with Crippen molar-refractivity contribution in [2.75, 3.05) is 5.43 Å². The standard InChI is InChI=1S/C13H9F3N4O3/c14-13(15,16)9-1-4-12(17-7-9)19-18-6-8-5-10(20(22)23)2-3-11(8)21/h1-7,21H,(H,17,19)/b18-6+. The first-order chi connectivity index (χ1) is 10.8. The van der Waals surface area contributed by atoms with Crippen LogP contribution in [0.15, 0.2) is 41.6 Å². The molecule has 10 heteroatoms. The van der Waals surface area contributed by atoms with Crippen molar-refractivity contribution in [2.24, 2.45) is 5.10 Å². The summed E-state index contributed by atoms with van der Waals surface area (Å²) in [5.74, 6) is -0.194. The van der Waals surface area contributed by atoms with Gasteiger partial charge in [-0.2, -0.15) is 18.3 Å². The van der Waals surface area contributed by atoms with E-state index < -0.39 is 16.7 Å². The molecule has 23 heavy (non-hydrogen) atoms. The minimum Gasteiger partial charge on any atom is -0.507 e. The van der Waals surface area contributed by atoms with Crippen molar-refractivity contribution in [3.63, 3.8) is 0 Å². The number of nitro groups is 1. The predicted octanol–water partition coefficient (Wildman–Crippen LogP) is 3.16. The molecule has 0 atom stereocenters. The van der Waals surface area contributed by atoms with Crippen LogP contribution in [0.3, 0.4) is 0 Å². The van der Waals surface area contributed by atoms with Crippen molar-refractivity contribution in [2.45, 2.75) is 6.18 Å². The average Bonchev–Trinajstić information content (AvgIpc) is 2.48. The number of pyridine rings is 1. The number of aromatic nitrogens is 1. The Balaban J connectivity index is 2.10. The molecule has 1 heterocycles. The molecule has 0 fully saturated rings. The highest BCUT2D eigenvalue weighted by molar-refractivity contribution is 5.84. The second kappa shape index (κ2) is 6.30. The third-order valence-electron chi connectivity index (χ3n) is 2.70. The van der Waals surface area contributed by atoms with Crippen molar-refractivity contribution >= 4 is 17.7 Å². The van der Waals surface area contributed by atoms with Gasteiger partial charge >= 0.3 is 6.18 Å². The molecule has 120 valence electrons. The molecule has 2 rings (SSSR count). The monoisotopic (exact) mass is 326 g/mol. The Hall–Kier alpha value is -3.17. The van der Waals surface area contributed by atoms with Gasteiger partial charge in [-0.1, -0.05) is 0 Å². The van der Waals surface area contributed by atoms with E-state index >= 15 is 0 Å². The minimum absolute atomic E-state index is 0.0409. The molecule has 0 amide bonds. The molecule has 1 aromatic heterocycles. The second-order valence-electron chi connectivity index (χ2n) is 4.30. The van der Waals surface area contributed by atoms with Crippen LogP contribution in [-0.4, -0.2) is 21.2 Å². The smallest absolute Gasteiger partial charge is 0.417 e. The van der Waals surface area contributed by atoms with Crippen LogP contribution in [0.4, 0.5) is 24.7 Å². The molecule has 1 aromatic carbocycles. The molecule has 0 aliphatic carbocycles. The van der Waals surface area contributed by atoms with Gasteiger partial charge in [0.1, 0.15) is 11.6 Å². The molecular weight excluding hydrogens is 317 g/mol. The zero-order chi connectivity index (χ0) is 17.0. The summed E-state index contributed by atoms with van der Waals surface area (Å²) >= 11 is 0. The van der Waals surface area contributed by atoms with Gasteiger partial charge < -0.3 is 5.11 Å². The SMILES string of the molecule is O=[N+]([O-])c1ccc(O)c(/C=N/Nc2ccc(C(F)(F)F)cn2)c1. The van der Waals surface area contributed by atoms with Crippen molar-refractivity contribution in [3.05, 3.63) is 57.8 Å². The van der Waals surface area contributed by atoms with E-state index in [0.717, 1.165) is 36.5 Å². The molecule has 0 spiro atoms. The number of aromatic hydroxyl groups is 1. The Morgan fingerprint density at radius 1 is 1.30 bits per heavy atom. The van der Waals surface area contributed by atoms with Gasteiger partial charge in [-0.05, 0) is 18.2 Å². The zero-order valence-corrected chi connectivity index (χ0v) is 11.3. The fourth-order valence-corrected chi connectivity index (χ4v) is 1.55. The van der Waals surface area contributed by atoms with E-state index in [1.807, 2.05) is 0 Å². The minimum atomic E-state index is -4.48. The van der Waals surface area contributed by atoms with Crippen LogP contribution in [0, 0.1) is 10.1 Å². The fraction of sp³-hybridized carbons (Fsp3) is 0.0769. The zero-order valence-electron chi connectivity index (χ0n) is 11.3. The predicted molar refractivity (Wildman–Crippen MR) is 75.2 cm³/mol. The molecule has 7 nitrogen and oxygen atoms in total. The third-order valence-corrected chi connectivity index (χ3v) is 2.70. The highest BCUT2D eigenvalue weighted by Gasteiger charge is 2.30. The summed E-state index contributed by atoms with van der Waals surface area (Å²) in [5.41, 5.74) is 1.29. The number of halogens is 3. The van der Waals surface area contributed by atoms with E-state index in [-0.39, 0.29) is 22.8 Å². The van der Waals surface area contributed by atoms with E-state index in [2.05, 4.69) is 15.5 Å². The van der Waals surface area contributed by atoms with E-state index in [4.69, 9.17) is 0 Å². The summed E-state index contributed by atoms with van der Waals surface area (Å²) in [7, 11) is 0. The molecule has 2 N–H and O–H groups in total. The highest BCUT2D eigenvalue weighted by atomic mass is 19.4. The number of alkyl halides is 3. The van der Waals surface area contributed by atoms with Gasteiger partial charge in [0, 0.05) is 23.9 Å². The first-order valence-electron chi connectivity index (χ1n) is 6.07. The maximum Gasteiger partial charge on any atom is 0.417 e. The van der Waals surface area contributed by atoms with Crippen LogP contribution >= 0.6 is 0 Å². The number of rotatable bonds is 4. The fourth-order valence-electron chi connectivity index (χ4n) is 1.55. The van der Waals surface area contributed by atoms with Crippen LogP contribution in [0.2, 0.25) is 0 Å². The number of hydrogen-bond acceptors (Lipinski definition) is 6. The van der Waals surface area contributed by atoms with Crippen LogP contribution < -0.4 is 5.43 Å². The Morgan fingerprint density at radius 3 is 2.61 bits per heavy atom. The van der Waals surface area contributed by atoms with E-state index in [1.165, 1.54) is 0 Å². The molecule has 0 radical (unpaired) electrons. The van der Waals surface area contributed by atoms with Gasteiger partial charge in [0.2, 0.25) is 0 Å². The maximum atomic E-state index is 12.4. The molecule has 2 aromatic rings. The van der Waals surface area contributed by atoms with Gasteiger partial charge in [-0.25, -0.2) is 4.98 Å². The van der Waals surface area contributed by atoms with Crippen molar-refractivity contribution in [1.82, 2.24) is 4.98 Å². The number of nitrogens with one attached hydrogen (secondary N) is 1. The van der Waals surface area contributed by atoms with Crippen LogP contribution in [-0.2, 0) is 6.18 Å². The highest BCUT2D eigenvalue weighted by Crippen LogP contribution is 2.28. The van der Waals surface area contributed by atoms with Crippen LogP contribution in [0.25, 0.3) is 0 Å². The summed E-state index contributed by atoms with van der Waals surface area (Å²) in [5, 5.41) is 23.9. The summed E-state index contributed by atoms with van der Waals surface area (Å²) < 4.78 is 37.1. The van der Waals surface area contributed by atoms with Crippen LogP contribution in [0.5, 0.6) is 5.75 Å². The summed E-state index contributed by atoms with van der Waals surface area (Å²) in [4.78, 5) is 13.5. The molecule has 0 aliphatic heterocycles. The Kier molecular flexibility index (Phi) is 4.44. The number of non-ortho nitro benzene ring substituents is 1. The Bertz CT molecular complexity index is 745. The lowest BCUT2D eigenvalue weighted by Crippen LogP contribution is -2.05. The number of hydrazone groups is 1. The van der Waals surface area contributed by atoms with E-state index in [1.54, 1.807) is 0 Å². The van der Waals surface area contributed by atoms with Gasteiger partial charge in [0.25, 0.3) is 5.69 Å². The van der Waals surface area contributed by atoms with Crippen LogP contribution in [0.1, 0.15) is 11.1 Å². The van der Waals surface area contributed by atoms with Crippen molar-refractivity contribution in [3.8, 4) is 5.75 Å². The van der Waals surface area contributed by atoms with E-state index in [9.17, 15) is 28.4 Å². The van der Waals surface area contributed by atoms with E-state index in [0.29, 0.717) is 6.20 Å². The molecule has 0 saturated heterocycles. The first-order valence-corrected chi connectivity index (χ1v) is 6.07. The van der Waals surface area contributed by atoms with Gasteiger partial charge in [-0.3, -0.25) is 15.5 Å². The lowest BCUT2D eigenvalue weighted by molar-refractivity contribution is -0.384. The number of hydrogen-bond donors (Lipinski definition) is 2. The number of benzene rings is 1. The number of phenols is 1. The Labute approximate surface area is 127 Å². The third kappa shape index (κ3) is 4.15. The molecule has 0 bridgehead atoms. The number of phenolic OH excluding ortho intramolecular Hbond substituents is 1. The first kappa shape index (κ1) is 16.2. The molecule has 0 unspecified atom stereocenters. The van der Waals surface area contributed by atoms with Gasteiger partial charge in [-0.15, -0.1) is 0 Å². The number of nitrogens with zero attached hydrogens (tertiary/aromatic N) is 3. The normalized spacial score (nSPS) is 11.6. The number of nitro benzene ring substituents is 1. The number of anilines is 1. The lowest BCUT2D eigenvalue weighted by atomic mass is 10.2. The average molecular weight is 326 g/mol. The summed E-state index contributed by atoms with van der Waals surface area (Å²) in [6.07, 6.45) is -2.76. The molecular formula is C13H9F3N4O3. The summed E-state index contributed by atoms with van der Waals surface area (Å²) in [6.45, 7) is 0. The molecule has 0 aliphatic rings. The largest absolute Gasteiger partial charge is 0.507 e. The van der Waals surface area contributed by atoms with Gasteiger partial charge in [0.05, 0.1) is 16.7 Å². The quantitative estimate of drug-likeness (QED) is 0.510. The van der Waals surface area contributed by atoms with Crippen molar-refractivity contribution < 1.29 is 23.2 Å². The molecule has 0 saturated carbocycles. The topological polar surface area (TPSA) is 101 Å². The van der Waals surface area contributed by atoms with Gasteiger partial charge in [0.15, 0.2) is 0 Å². The Morgan fingerprint density at radius 2 is 2.04 bits per heavy atom. The summed E-state index contributed by atoms with van der Waals surface area (Å²) in [6, 6.07) is 5.26. The maximum absolute atomic E-state index is 12.4. The lowest BCUT2D eigenvalue weighted by Gasteiger charge is -2.06.